The summed E-state index contributed by atoms with van der Waals surface area (Å²) in [6.07, 6.45) is 4.73. The molecule has 1 unspecified atom stereocenters. The number of para-hydroxylation sites is 1. The fraction of sp³-hybridized carbons (Fsp3) is 0.235. The van der Waals surface area contributed by atoms with Crippen LogP contribution in [0, 0.1) is 0 Å². The van der Waals surface area contributed by atoms with Gasteiger partial charge in [-0.15, -0.1) is 0 Å². The van der Waals surface area contributed by atoms with Crippen molar-refractivity contribution in [1.82, 2.24) is 10.3 Å². The Labute approximate surface area is 118 Å². The summed E-state index contributed by atoms with van der Waals surface area (Å²) in [4.78, 5) is 4.21. The predicted molar refractivity (Wildman–Crippen MR) is 80.7 cm³/mol. The van der Waals surface area contributed by atoms with Crippen molar-refractivity contribution >= 4 is 11.0 Å². The Morgan fingerprint density at radius 3 is 2.85 bits per heavy atom. The van der Waals surface area contributed by atoms with Gasteiger partial charge in [0.2, 0.25) is 0 Å². The average Bonchev–Trinajstić information content (AvgIpc) is 2.92. The van der Waals surface area contributed by atoms with Gasteiger partial charge < -0.3 is 9.73 Å². The summed E-state index contributed by atoms with van der Waals surface area (Å²) in [5.74, 6) is 0.939. The smallest absolute Gasteiger partial charge is 0.134 e. The minimum absolute atomic E-state index is 0.0559. The zero-order chi connectivity index (χ0) is 13.9. The van der Waals surface area contributed by atoms with Crippen molar-refractivity contribution in [2.75, 3.05) is 7.05 Å². The number of rotatable bonds is 4. The quantitative estimate of drug-likeness (QED) is 0.782. The van der Waals surface area contributed by atoms with Crippen LogP contribution < -0.4 is 5.32 Å². The molecule has 0 fully saturated rings. The van der Waals surface area contributed by atoms with Gasteiger partial charge in [0.1, 0.15) is 11.3 Å². The molecule has 0 radical (unpaired) electrons. The molecule has 3 nitrogen and oxygen atoms in total. The third-order valence-electron chi connectivity index (χ3n) is 3.65. The number of nitrogens with zero attached hydrogens (tertiary/aromatic N) is 1. The first-order chi connectivity index (χ1) is 9.83. The van der Waals surface area contributed by atoms with E-state index in [2.05, 4.69) is 35.4 Å². The van der Waals surface area contributed by atoms with Gasteiger partial charge in [-0.2, -0.15) is 0 Å². The largest absolute Gasteiger partial charge is 0.459 e. The summed E-state index contributed by atoms with van der Waals surface area (Å²) >= 11 is 0. The number of aromatic nitrogens is 1. The second kappa shape index (κ2) is 5.47. The molecule has 20 heavy (non-hydrogen) atoms. The summed E-state index contributed by atoms with van der Waals surface area (Å²) in [7, 11) is 1.96. The molecule has 1 N–H and O–H groups in total. The van der Waals surface area contributed by atoms with Gasteiger partial charge in [0, 0.05) is 17.8 Å². The number of nitrogens with one attached hydrogen (secondary N) is 1. The van der Waals surface area contributed by atoms with Crippen LogP contribution in [0.25, 0.3) is 11.0 Å². The van der Waals surface area contributed by atoms with Crippen LogP contribution in [0.4, 0.5) is 0 Å². The van der Waals surface area contributed by atoms with Crippen molar-refractivity contribution in [2.24, 2.45) is 0 Å². The van der Waals surface area contributed by atoms with Crippen LogP contribution in [0.1, 0.15) is 29.9 Å². The number of pyridine rings is 1. The van der Waals surface area contributed by atoms with E-state index in [0.717, 1.165) is 23.2 Å². The molecule has 1 aromatic carbocycles. The molecular formula is C17H18N2O. The minimum Gasteiger partial charge on any atom is -0.459 e. The lowest BCUT2D eigenvalue weighted by Gasteiger charge is -2.17. The van der Waals surface area contributed by atoms with Gasteiger partial charge >= 0.3 is 0 Å². The molecule has 2 aromatic heterocycles. The zero-order valence-corrected chi connectivity index (χ0v) is 11.8. The highest BCUT2D eigenvalue weighted by molar-refractivity contribution is 5.78. The lowest BCUT2D eigenvalue weighted by Crippen LogP contribution is -2.18. The number of aryl methyl sites for hydroxylation is 1. The Morgan fingerprint density at radius 1 is 1.25 bits per heavy atom. The van der Waals surface area contributed by atoms with Crippen molar-refractivity contribution in [3.05, 3.63) is 65.7 Å². The molecule has 0 saturated heterocycles. The van der Waals surface area contributed by atoms with Gasteiger partial charge in [0.05, 0.1) is 6.04 Å². The SMILES string of the molecule is CCc1cnccc1C(NC)c1cc2ccccc2o1. The fourth-order valence-corrected chi connectivity index (χ4v) is 2.61. The number of furan rings is 1. The van der Waals surface area contributed by atoms with E-state index in [9.17, 15) is 0 Å². The summed E-state index contributed by atoms with van der Waals surface area (Å²) in [5, 5.41) is 4.48. The summed E-state index contributed by atoms with van der Waals surface area (Å²) < 4.78 is 5.99. The Bertz CT molecular complexity index is 685. The van der Waals surface area contributed by atoms with E-state index in [0.29, 0.717) is 0 Å². The third-order valence-corrected chi connectivity index (χ3v) is 3.65. The second-order valence-electron chi connectivity index (χ2n) is 4.84. The average molecular weight is 266 g/mol. The van der Waals surface area contributed by atoms with E-state index in [1.165, 1.54) is 11.1 Å². The maximum absolute atomic E-state index is 5.99. The molecular weight excluding hydrogens is 248 g/mol. The summed E-state index contributed by atoms with van der Waals surface area (Å²) in [5.41, 5.74) is 3.39. The maximum atomic E-state index is 5.99. The van der Waals surface area contributed by atoms with Crippen LogP contribution in [0.2, 0.25) is 0 Å². The van der Waals surface area contributed by atoms with Crippen LogP contribution in [-0.2, 0) is 6.42 Å². The molecule has 102 valence electrons. The van der Waals surface area contributed by atoms with Crippen molar-refractivity contribution in [2.45, 2.75) is 19.4 Å². The van der Waals surface area contributed by atoms with Gasteiger partial charge in [-0.05, 0) is 42.8 Å². The van der Waals surface area contributed by atoms with Gasteiger partial charge in [0.25, 0.3) is 0 Å². The molecule has 0 aliphatic heterocycles. The Kier molecular flexibility index (Phi) is 3.52. The summed E-state index contributed by atoms with van der Waals surface area (Å²) in [6.45, 7) is 2.14. The first kappa shape index (κ1) is 12.9. The highest BCUT2D eigenvalue weighted by Gasteiger charge is 2.19. The molecule has 1 atom stereocenters. The number of benzene rings is 1. The van der Waals surface area contributed by atoms with E-state index in [1.807, 2.05) is 37.6 Å². The van der Waals surface area contributed by atoms with Gasteiger partial charge in [-0.3, -0.25) is 4.98 Å². The molecule has 2 heterocycles. The van der Waals surface area contributed by atoms with E-state index >= 15 is 0 Å². The van der Waals surface area contributed by atoms with Crippen LogP contribution in [0.15, 0.2) is 53.2 Å². The van der Waals surface area contributed by atoms with Crippen LogP contribution in [0.5, 0.6) is 0 Å². The lowest BCUT2D eigenvalue weighted by molar-refractivity contribution is 0.490. The van der Waals surface area contributed by atoms with E-state index in [4.69, 9.17) is 4.42 Å². The van der Waals surface area contributed by atoms with E-state index in [-0.39, 0.29) is 6.04 Å². The third kappa shape index (κ3) is 2.21. The molecule has 0 amide bonds. The Balaban J connectivity index is 2.09. The Hall–Kier alpha value is -2.13. The molecule has 0 spiro atoms. The number of hydrogen-bond acceptors (Lipinski definition) is 3. The number of hydrogen-bond donors (Lipinski definition) is 1. The van der Waals surface area contributed by atoms with Crippen molar-refractivity contribution in [3.63, 3.8) is 0 Å². The molecule has 3 heteroatoms. The van der Waals surface area contributed by atoms with Crippen molar-refractivity contribution in [3.8, 4) is 0 Å². The van der Waals surface area contributed by atoms with Crippen LogP contribution in [0.3, 0.4) is 0 Å². The highest BCUT2D eigenvalue weighted by atomic mass is 16.3. The van der Waals surface area contributed by atoms with Gasteiger partial charge in [0.15, 0.2) is 0 Å². The molecule has 3 rings (SSSR count). The second-order valence-corrected chi connectivity index (χ2v) is 4.84. The maximum Gasteiger partial charge on any atom is 0.134 e. The minimum atomic E-state index is 0.0559. The van der Waals surface area contributed by atoms with Crippen molar-refractivity contribution in [1.29, 1.82) is 0 Å². The molecule has 0 bridgehead atoms. The van der Waals surface area contributed by atoms with E-state index in [1.54, 1.807) is 0 Å². The predicted octanol–water partition coefficient (Wildman–Crippen LogP) is 3.70. The topological polar surface area (TPSA) is 38.1 Å². The Morgan fingerprint density at radius 2 is 2.10 bits per heavy atom. The van der Waals surface area contributed by atoms with Crippen molar-refractivity contribution < 1.29 is 4.42 Å². The number of fused-ring (bicyclic) bond motifs is 1. The molecule has 3 aromatic rings. The summed E-state index contributed by atoms with van der Waals surface area (Å²) in [6, 6.07) is 12.3. The van der Waals surface area contributed by atoms with E-state index < -0.39 is 0 Å². The molecule has 0 aliphatic rings. The normalized spacial score (nSPS) is 12.7. The lowest BCUT2D eigenvalue weighted by atomic mass is 9.99. The first-order valence-electron chi connectivity index (χ1n) is 6.92. The monoisotopic (exact) mass is 266 g/mol. The standard InChI is InChI=1S/C17H18N2O/c1-3-12-11-19-9-8-14(12)17(18-2)16-10-13-6-4-5-7-15(13)20-16/h4-11,17-18H,3H2,1-2H3. The van der Waals surface area contributed by atoms with Crippen LogP contribution in [-0.4, -0.2) is 12.0 Å². The fourth-order valence-electron chi connectivity index (χ4n) is 2.61. The van der Waals surface area contributed by atoms with Gasteiger partial charge in [-0.1, -0.05) is 25.1 Å². The molecule has 0 aliphatic carbocycles. The zero-order valence-electron chi connectivity index (χ0n) is 11.8. The highest BCUT2D eigenvalue weighted by Crippen LogP contribution is 2.29. The van der Waals surface area contributed by atoms with Gasteiger partial charge in [-0.25, -0.2) is 0 Å². The van der Waals surface area contributed by atoms with Crippen LogP contribution >= 0.6 is 0 Å². The first-order valence-corrected chi connectivity index (χ1v) is 6.92. The molecule has 0 saturated carbocycles.